The van der Waals surface area contributed by atoms with Crippen LogP contribution in [0.4, 0.5) is 0 Å². The van der Waals surface area contributed by atoms with Gasteiger partial charge in [0.05, 0.1) is 5.25 Å². The second kappa shape index (κ2) is 7.09. The molecular weight excluding hydrogens is 276 g/mol. The summed E-state index contributed by atoms with van der Waals surface area (Å²) in [5.41, 5.74) is 1.88. The summed E-state index contributed by atoms with van der Waals surface area (Å²) in [6.45, 7) is 7.97. The van der Waals surface area contributed by atoms with Crippen LogP contribution in [0.1, 0.15) is 44.2 Å². The molecule has 0 aliphatic rings. The maximum atomic E-state index is 12.2. The Hall–Kier alpha value is -1.07. The van der Waals surface area contributed by atoms with Crippen LogP contribution in [0.15, 0.2) is 18.2 Å². The maximum absolute atomic E-state index is 12.2. The van der Waals surface area contributed by atoms with Crippen LogP contribution >= 0.6 is 0 Å². The van der Waals surface area contributed by atoms with Gasteiger partial charge < -0.3 is 8.92 Å². The molecule has 0 radical (unpaired) electrons. The van der Waals surface area contributed by atoms with E-state index in [2.05, 4.69) is 0 Å². The molecule has 0 fully saturated rings. The SMILES string of the molecule is COCC[C@@H](C)S(=O)(=O)Oc1cc(C)ccc1C(C)C. The Labute approximate surface area is 122 Å². The van der Waals surface area contributed by atoms with Gasteiger partial charge in [0, 0.05) is 13.7 Å². The summed E-state index contributed by atoms with van der Waals surface area (Å²) in [4.78, 5) is 0. The standard InChI is InChI=1S/C15H24O4S/c1-11(2)14-7-6-12(3)10-15(14)19-20(16,17)13(4)8-9-18-5/h6-7,10-11,13H,8-9H2,1-5H3/t13-/m1/s1. The van der Waals surface area contributed by atoms with E-state index in [9.17, 15) is 8.42 Å². The molecule has 0 bridgehead atoms. The fraction of sp³-hybridized carbons (Fsp3) is 0.600. The highest BCUT2D eigenvalue weighted by molar-refractivity contribution is 7.87. The number of rotatable bonds is 7. The summed E-state index contributed by atoms with van der Waals surface area (Å²) in [7, 11) is -2.09. The Morgan fingerprint density at radius 3 is 2.40 bits per heavy atom. The van der Waals surface area contributed by atoms with E-state index in [1.54, 1.807) is 20.1 Å². The first-order valence-electron chi connectivity index (χ1n) is 6.80. The molecule has 20 heavy (non-hydrogen) atoms. The minimum absolute atomic E-state index is 0.204. The Kier molecular flexibility index (Phi) is 6.02. The first kappa shape index (κ1) is 17.0. The van der Waals surface area contributed by atoms with E-state index in [-0.39, 0.29) is 5.92 Å². The smallest absolute Gasteiger partial charge is 0.311 e. The molecule has 1 rings (SSSR count). The lowest BCUT2D eigenvalue weighted by atomic mass is 10.0. The number of benzene rings is 1. The molecule has 0 heterocycles. The molecule has 4 nitrogen and oxygen atoms in total. The van der Waals surface area contributed by atoms with Crippen molar-refractivity contribution in [1.82, 2.24) is 0 Å². The van der Waals surface area contributed by atoms with Crippen molar-refractivity contribution in [2.75, 3.05) is 13.7 Å². The van der Waals surface area contributed by atoms with Gasteiger partial charge in [0.1, 0.15) is 5.75 Å². The van der Waals surface area contributed by atoms with E-state index < -0.39 is 15.4 Å². The highest BCUT2D eigenvalue weighted by atomic mass is 32.2. The molecule has 0 amide bonds. The molecule has 0 aliphatic carbocycles. The van der Waals surface area contributed by atoms with Crippen LogP contribution in [-0.4, -0.2) is 27.4 Å². The molecule has 1 aromatic carbocycles. The second-order valence-electron chi connectivity index (χ2n) is 5.36. The van der Waals surface area contributed by atoms with Crippen molar-refractivity contribution in [1.29, 1.82) is 0 Å². The fourth-order valence-corrected chi connectivity index (χ4v) is 2.77. The summed E-state index contributed by atoms with van der Waals surface area (Å²) in [5, 5.41) is -0.594. The van der Waals surface area contributed by atoms with Gasteiger partial charge in [-0.1, -0.05) is 26.0 Å². The predicted octanol–water partition coefficient (Wildman–Crippen LogP) is 3.25. The van der Waals surface area contributed by atoms with Crippen LogP contribution in [0, 0.1) is 6.92 Å². The molecule has 5 heteroatoms. The zero-order chi connectivity index (χ0) is 15.3. The van der Waals surface area contributed by atoms with Crippen molar-refractivity contribution >= 4 is 10.1 Å². The molecule has 114 valence electrons. The van der Waals surface area contributed by atoms with E-state index >= 15 is 0 Å². The summed E-state index contributed by atoms with van der Waals surface area (Å²) in [6, 6.07) is 5.66. The van der Waals surface area contributed by atoms with Gasteiger partial charge in [-0.3, -0.25) is 0 Å². The average molecular weight is 300 g/mol. The van der Waals surface area contributed by atoms with Crippen molar-refractivity contribution in [3.05, 3.63) is 29.3 Å². The van der Waals surface area contributed by atoms with Gasteiger partial charge in [-0.2, -0.15) is 8.42 Å². The number of hydrogen-bond donors (Lipinski definition) is 0. The first-order chi connectivity index (χ1) is 9.27. The number of aryl methyl sites for hydroxylation is 1. The molecule has 0 spiro atoms. The van der Waals surface area contributed by atoms with Crippen molar-refractivity contribution < 1.29 is 17.3 Å². The minimum atomic E-state index is -3.64. The third-order valence-corrected chi connectivity index (χ3v) is 4.85. The van der Waals surface area contributed by atoms with Gasteiger partial charge in [0.25, 0.3) is 0 Å². The van der Waals surface area contributed by atoms with Crippen LogP contribution in [0.3, 0.4) is 0 Å². The predicted molar refractivity (Wildman–Crippen MR) is 80.8 cm³/mol. The monoisotopic (exact) mass is 300 g/mol. The first-order valence-corrected chi connectivity index (χ1v) is 8.28. The Bertz CT molecular complexity index is 535. The van der Waals surface area contributed by atoms with Crippen molar-refractivity contribution in [3.8, 4) is 5.75 Å². The lowest BCUT2D eigenvalue weighted by molar-refractivity contribution is 0.194. The van der Waals surface area contributed by atoms with Crippen LogP contribution in [-0.2, 0) is 14.9 Å². The lowest BCUT2D eigenvalue weighted by Gasteiger charge is -2.17. The zero-order valence-electron chi connectivity index (χ0n) is 12.8. The molecule has 1 atom stereocenters. The Morgan fingerprint density at radius 1 is 1.20 bits per heavy atom. The molecule has 0 unspecified atom stereocenters. The number of methoxy groups -OCH3 is 1. The van der Waals surface area contributed by atoms with Crippen LogP contribution in [0.2, 0.25) is 0 Å². The van der Waals surface area contributed by atoms with Crippen LogP contribution in [0.25, 0.3) is 0 Å². The minimum Gasteiger partial charge on any atom is -0.385 e. The molecule has 0 saturated heterocycles. The topological polar surface area (TPSA) is 52.6 Å². The van der Waals surface area contributed by atoms with E-state index in [1.807, 2.05) is 32.9 Å². The van der Waals surface area contributed by atoms with Crippen LogP contribution in [0.5, 0.6) is 5.75 Å². The van der Waals surface area contributed by atoms with Gasteiger partial charge in [-0.05, 0) is 43.4 Å². The zero-order valence-corrected chi connectivity index (χ0v) is 13.7. The quantitative estimate of drug-likeness (QED) is 0.725. The third kappa shape index (κ3) is 4.49. The van der Waals surface area contributed by atoms with E-state index in [4.69, 9.17) is 8.92 Å². The Morgan fingerprint density at radius 2 is 1.85 bits per heavy atom. The summed E-state index contributed by atoms with van der Waals surface area (Å²) in [6.07, 6.45) is 0.418. The van der Waals surface area contributed by atoms with Gasteiger partial charge in [0.15, 0.2) is 0 Å². The summed E-state index contributed by atoms with van der Waals surface area (Å²) >= 11 is 0. The molecule has 1 aromatic rings. The van der Waals surface area contributed by atoms with E-state index in [0.717, 1.165) is 11.1 Å². The highest BCUT2D eigenvalue weighted by Gasteiger charge is 2.24. The van der Waals surface area contributed by atoms with Crippen molar-refractivity contribution in [3.63, 3.8) is 0 Å². The maximum Gasteiger partial charge on any atom is 0.311 e. The van der Waals surface area contributed by atoms with Crippen molar-refractivity contribution in [2.24, 2.45) is 0 Å². The fourth-order valence-electron chi connectivity index (χ4n) is 1.83. The molecular formula is C15H24O4S. The molecule has 0 aliphatic heterocycles. The second-order valence-corrected chi connectivity index (χ2v) is 7.32. The van der Waals surface area contributed by atoms with Gasteiger partial charge in [0.2, 0.25) is 0 Å². The van der Waals surface area contributed by atoms with E-state index in [1.165, 1.54) is 0 Å². The van der Waals surface area contributed by atoms with Crippen molar-refractivity contribution in [2.45, 2.75) is 45.3 Å². The largest absolute Gasteiger partial charge is 0.385 e. The highest BCUT2D eigenvalue weighted by Crippen LogP contribution is 2.29. The molecule has 0 aromatic heterocycles. The molecule has 0 saturated carbocycles. The number of hydrogen-bond acceptors (Lipinski definition) is 4. The normalized spacial score (nSPS) is 13.5. The van der Waals surface area contributed by atoms with Crippen LogP contribution < -0.4 is 4.18 Å². The van der Waals surface area contributed by atoms with Gasteiger partial charge in [-0.15, -0.1) is 0 Å². The summed E-state index contributed by atoms with van der Waals surface area (Å²) in [5.74, 6) is 0.638. The average Bonchev–Trinajstić information content (AvgIpc) is 2.34. The third-order valence-electron chi connectivity index (χ3n) is 3.22. The van der Waals surface area contributed by atoms with E-state index in [0.29, 0.717) is 18.8 Å². The summed E-state index contributed by atoms with van der Waals surface area (Å²) < 4.78 is 34.7. The molecule has 0 N–H and O–H groups in total. The Balaban J connectivity index is 2.99. The lowest BCUT2D eigenvalue weighted by Crippen LogP contribution is -2.25. The van der Waals surface area contributed by atoms with Gasteiger partial charge >= 0.3 is 10.1 Å². The van der Waals surface area contributed by atoms with Gasteiger partial charge in [-0.25, -0.2) is 0 Å². The number of ether oxygens (including phenoxy) is 1.